The molecule has 4 rings (SSSR count). The Kier molecular flexibility index (Phi) is 6.31. The number of dihydropyridines is 1. The molecule has 1 saturated heterocycles. The summed E-state index contributed by atoms with van der Waals surface area (Å²) >= 11 is 1.67. The van der Waals surface area contributed by atoms with E-state index in [0.717, 1.165) is 47.7 Å². The molecule has 0 bridgehead atoms. The minimum absolute atomic E-state index is 0.0346. The zero-order valence-corrected chi connectivity index (χ0v) is 19.6. The van der Waals surface area contributed by atoms with Crippen LogP contribution in [0.5, 0.6) is 0 Å². The Balaban J connectivity index is 1.71. The van der Waals surface area contributed by atoms with Crippen LogP contribution in [-0.2, 0) is 19.1 Å². The first-order valence-corrected chi connectivity index (χ1v) is 12.2. The molecule has 5 nitrogen and oxygen atoms in total. The van der Waals surface area contributed by atoms with E-state index in [4.69, 9.17) is 9.47 Å². The molecule has 3 aliphatic rings. The molecule has 0 amide bonds. The van der Waals surface area contributed by atoms with Gasteiger partial charge in [0, 0.05) is 40.8 Å². The lowest BCUT2D eigenvalue weighted by Crippen LogP contribution is -2.39. The lowest BCUT2D eigenvalue weighted by Gasteiger charge is -2.39. The van der Waals surface area contributed by atoms with Crippen molar-refractivity contribution in [2.75, 3.05) is 19.5 Å². The van der Waals surface area contributed by atoms with Gasteiger partial charge in [-0.3, -0.25) is 4.79 Å². The molecule has 1 fully saturated rings. The molecule has 2 aliphatic heterocycles. The van der Waals surface area contributed by atoms with E-state index in [9.17, 15) is 9.59 Å². The number of ketones is 1. The second-order valence-corrected chi connectivity index (χ2v) is 10.3. The predicted molar refractivity (Wildman–Crippen MR) is 122 cm³/mol. The number of benzene rings is 1. The van der Waals surface area contributed by atoms with Crippen molar-refractivity contribution in [1.29, 1.82) is 0 Å². The van der Waals surface area contributed by atoms with E-state index >= 15 is 0 Å². The van der Waals surface area contributed by atoms with Crippen LogP contribution < -0.4 is 5.32 Å². The first kappa shape index (κ1) is 22.2. The van der Waals surface area contributed by atoms with Crippen molar-refractivity contribution in [1.82, 2.24) is 5.32 Å². The van der Waals surface area contributed by atoms with Gasteiger partial charge in [-0.2, -0.15) is 0 Å². The number of esters is 1. The van der Waals surface area contributed by atoms with Crippen LogP contribution in [0.2, 0.25) is 0 Å². The van der Waals surface area contributed by atoms with Gasteiger partial charge in [-0.15, -0.1) is 11.8 Å². The first-order valence-electron chi connectivity index (χ1n) is 11.0. The fraction of sp³-hybridized carbons (Fsp3) is 0.520. The lowest BCUT2D eigenvalue weighted by molar-refractivity contribution is -0.142. The average Bonchev–Trinajstić information content (AvgIpc) is 3.24. The highest BCUT2D eigenvalue weighted by atomic mass is 32.2. The summed E-state index contributed by atoms with van der Waals surface area (Å²) in [4.78, 5) is 27.7. The number of ether oxygens (including phenoxy) is 2. The van der Waals surface area contributed by atoms with Crippen molar-refractivity contribution in [3.8, 4) is 0 Å². The second kappa shape index (κ2) is 8.83. The largest absolute Gasteiger partial charge is 0.459 e. The molecule has 0 radical (unpaired) electrons. The molecule has 0 spiro atoms. The van der Waals surface area contributed by atoms with Gasteiger partial charge in [0.25, 0.3) is 0 Å². The van der Waals surface area contributed by atoms with Crippen LogP contribution in [-0.4, -0.2) is 37.3 Å². The summed E-state index contributed by atoms with van der Waals surface area (Å²) in [6.07, 6.45) is 5.16. The van der Waals surface area contributed by atoms with Crippen LogP contribution in [0.25, 0.3) is 0 Å². The predicted octanol–water partition coefficient (Wildman–Crippen LogP) is 4.73. The maximum absolute atomic E-state index is 13.3. The molecular weight excluding hydrogens is 410 g/mol. The van der Waals surface area contributed by atoms with Gasteiger partial charge in [0.2, 0.25) is 0 Å². The fourth-order valence-electron chi connectivity index (χ4n) is 4.86. The van der Waals surface area contributed by atoms with E-state index in [1.54, 1.807) is 11.8 Å². The quantitative estimate of drug-likeness (QED) is 0.526. The van der Waals surface area contributed by atoms with Gasteiger partial charge in [-0.1, -0.05) is 26.0 Å². The van der Waals surface area contributed by atoms with E-state index in [1.807, 2.05) is 37.4 Å². The average molecular weight is 442 g/mol. The molecule has 2 heterocycles. The molecule has 1 N–H and O–H groups in total. The number of hydrogen-bond donors (Lipinski definition) is 1. The Morgan fingerprint density at radius 2 is 2.00 bits per heavy atom. The number of thioether (sulfide) groups is 1. The van der Waals surface area contributed by atoms with Crippen LogP contribution in [0.3, 0.4) is 0 Å². The van der Waals surface area contributed by atoms with Gasteiger partial charge in [-0.25, -0.2) is 4.79 Å². The molecule has 166 valence electrons. The topological polar surface area (TPSA) is 64.6 Å². The summed E-state index contributed by atoms with van der Waals surface area (Å²) in [5.41, 5.74) is 3.79. The third kappa shape index (κ3) is 4.60. The summed E-state index contributed by atoms with van der Waals surface area (Å²) in [6.45, 7) is 7.10. The van der Waals surface area contributed by atoms with Crippen molar-refractivity contribution in [2.24, 2.45) is 5.41 Å². The van der Waals surface area contributed by atoms with Crippen LogP contribution in [0, 0.1) is 5.41 Å². The number of Topliss-reactive ketones (excluding diaryl/α,β-unsaturated/α-hetero) is 1. The molecule has 0 aromatic heterocycles. The third-order valence-electron chi connectivity index (χ3n) is 6.33. The second-order valence-electron chi connectivity index (χ2n) is 9.44. The molecule has 1 aromatic rings. The van der Waals surface area contributed by atoms with Gasteiger partial charge in [0.05, 0.1) is 11.7 Å². The van der Waals surface area contributed by atoms with Crippen LogP contribution >= 0.6 is 11.8 Å². The first-order chi connectivity index (χ1) is 14.8. The number of hydrogen-bond acceptors (Lipinski definition) is 6. The van der Waals surface area contributed by atoms with Crippen LogP contribution in [0.15, 0.2) is 51.7 Å². The lowest BCUT2D eigenvalue weighted by atomic mass is 9.68. The standard InChI is InChI=1S/C25H31NO4S/c1-15-21(24(28)30-14-17-6-5-11-29-17)22(16-7-9-18(31-4)10-8-16)23-19(26-15)12-25(2,3)13-20(23)27/h7-10,17,22,26H,5-6,11-14H2,1-4H3. The molecule has 2 atom stereocenters. The normalized spacial score (nSPS) is 25.4. The summed E-state index contributed by atoms with van der Waals surface area (Å²) in [7, 11) is 0. The number of carbonyl (C=O) groups is 2. The summed E-state index contributed by atoms with van der Waals surface area (Å²) < 4.78 is 11.3. The SMILES string of the molecule is CSc1ccc(C2C(C(=O)OCC3CCCO3)=C(C)NC3=C2C(=O)CC(C)(C)C3)cc1. The number of nitrogens with one attached hydrogen (secondary N) is 1. The molecular formula is C25H31NO4S. The van der Waals surface area contributed by atoms with Crippen molar-refractivity contribution in [3.05, 3.63) is 52.4 Å². The molecule has 0 saturated carbocycles. The Morgan fingerprint density at radius 1 is 1.26 bits per heavy atom. The Labute approximate surface area is 188 Å². The van der Waals surface area contributed by atoms with Gasteiger partial charge in [0.1, 0.15) is 6.61 Å². The monoisotopic (exact) mass is 441 g/mol. The number of rotatable bonds is 5. The van der Waals surface area contributed by atoms with Gasteiger partial charge in [-0.05, 0) is 55.6 Å². The third-order valence-corrected chi connectivity index (χ3v) is 7.08. The highest BCUT2D eigenvalue weighted by molar-refractivity contribution is 7.98. The van der Waals surface area contributed by atoms with Crippen LogP contribution in [0.4, 0.5) is 0 Å². The zero-order chi connectivity index (χ0) is 22.2. The smallest absolute Gasteiger partial charge is 0.336 e. The molecule has 6 heteroatoms. The van der Waals surface area contributed by atoms with E-state index < -0.39 is 5.92 Å². The highest BCUT2D eigenvalue weighted by Gasteiger charge is 2.43. The maximum Gasteiger partial charge on any atom is 0.336 e. The van der Waals surface area contributed by atoms with Crippen molar-refractivity contribution in [3.63, 3.8) is 0 Å². The number of allylic oxidation sites excluding steroid dienone is 3. The minimum atomic E-state index is -0.409. The molecule has 1 aliphatic carbocycles. The summed E-state index contributed by atoms with van der Waals surface area (Å²) in [5, 5.41) is 3.39. The Hall–Kier alpha value is -2.05. The molecule has 2 unspecified atom stereocenters. The van der Waals surface area contributed by atoms with Crippen molar-refractivity contribution in [2.45, 2.75) is 63.4 Å². The molecule has 31 heavy (non-hydrogen) atoms. The van der Waals surface area contributed by atoms with Crippen LogP contribution in [0.1, 0.15) is 57.9 Å². The van der Waals surface area contributed by atoms with Gasteiger partial charge < -0.3 is 14.8 Å². The highest BCUT2D eigenvalue weighted by Crippen LogP contribution is 2.47. The van der Waals surface area contributed by atoms with E-state index in [0.29, 0.717) is 17.6 Å². The molecule has 1 aromatic carbocycles. The summed E-state index contributed by atoms with van der Waals surface area (Å²) in [6, 6.07) is 8.15. The van der Waals surface area contributed by atoms with E-state index in [-0.39, 0.29) is 29.9 Å². The van der Waals surface area contributed by atoms with Crippen molar-refractivity contribution >= 4 is 23.5 Å². The minimum Gasteiger partial charge on any atom is -0.459 e. The Bertz CT molecular complexity index is 939. The summed E-state index contributed by atoms with van der Waals surface area (Å²) in [5.74, 6) is -0.675. The number of carbonyl (C=O) groups excluding carboxylic acids is 2. The van der Waals surface area contributed by atoms with Crippen molar-refractivity contribution < 1.29 is 19.1 Å². The maximum atomic E-state index is 13.3. The van der Waals surface area contributed by atoms with Gasteiger partial charge in [0.15, 0.2) is 5.78 Å². The van der Waals surface area contributed by atoms with E-state index in [1.165, 1.54) is 0 Å². The zero-order valence-electron chi connectivity index (χ0n) is 18.7. The Morgan fingerprint density at radius 3 is 2.65 bits per heavy atom. The van der Waals surface area contributed by atoms with E-state index in [2.05, 4.69) is 19.2 Å². The van der Waals surface area contributed by atoms with Gasteiger partial charge >= 0.3 is 5.97 Å². The fourth-order valence-corrected chi connectivity index (χ4v) is 5.27.